The normalized spacial score (nSPS) is 18.7. The lowest BCUT2D eigenvalue weighted by Crippen LogP contribution is -2.28. The fraction of sp³-hybridized carbons (Fsp3) is 0.409. The van der Waals surface area contributed by atoms with Gasteiger partial charge in [-0.1, -0.05) is 18.2 Å². The van der Waals surface area contributed by atoms with Crippen LogP contribution in [0, 0.1) is 0 Å². The number of carbonyl (C=O) groups excluding carboxylic acids is 1. The van der Waals surface area contributed by atoms with E-state index in [1.54, 1.807) is 7.11 Å². The Morgan fingerprint density at radius 3 is 2.86 bits per heavy atom. The van der Waals surface area contributed by atoms with Crippen molar-refractivity contribution < 1.29 is 19.0 Å². The first-order valence-corrected chi connectivity index (χ1v) is 9.81. The molecule has 6 heteroatoms. The van der Waals surface area contributed by atoms with Crippen LogP contribution in [0.5, 0.6) is 17.2 Å². The Morgan fingerprint density at radius 2 is 2.00 bits per heavy atom. The van der Waals surface area contributed by atoms with Crippen molar-refractivity contribution >= 4 is 11.6 Å². The maximum atomic E-state index is 12.4. The van der Waals surface area contributed by atoms with E-state index < -0.39 is 0 Å². The average molecular weight is 382 g/mol. The summed E-state index contributed by atoms with van der Waals surface area (Å²) in [4.78, 5) is 14.8. The summed E-state index contributed by atoms with van der Waals surface area (Å²) in [5.41, 5.74) is 1.94. The van der Waals surface area contributed by atoms with Gasteiger partial charge >= 0.3 is 0 Å². The van der Waals surface area contributed by atoms with Crippen molar-refractivity contribution in [1.29, 1.82) is 0 Å². The highest BCUT2D eigenvalue weighted by molar-refractivity contribution is 5.92. The highest BCUT2D eigenvalue weighted by atomic mass is 16.6. The van der Waals surface area contributed by atoms with Crippen LogP contribution in [0.1, 0.15) is 30.9 Å². The Kier molecular flexibility index (Phi) is 5.67. The van der Waals surface area contributed by atoms with Gasteiger partial charge in [0.05, 0.1) is 12.8 Å². The second-order valence-corrected chi connectivity index (χ2v) is 7.10. The number of fused-ring (bicyclic) bond motifs is 1. The number of ether oxygens (including phenoxy) is 3. The zero-order valence-corrected chi connectivity index (χ0v) is 16.1. The lowest BCUT2D eigenvalue weighted by Gasteiger charge is -2.26. The lowest BCUT2D eigenvalue weighted by molar-refractivity contribution is -0.116. The number of anilines is 1. The molecular weight excluding hydrogens is 356 g/mol. The summed E-state index contributed by atoms with van der Waals surface area (Å²) in [6.45, 7) is 2.91. The Balaban J connectivity index is 1.37. The van der Waals surface area contributed by atoms with Crippen LogP contribution >= 0.6 is 0 Å². The number of hydrogen-bond acceptors (Lipinski definition) is 5. The zero-order valence-electron chi connectivity index (χ0n) is 16.1. The number of para-hydroxylation sites is 2. The fourth-order valence-electron chi connectivity index (χ4n) is 3.94. The number of nitrogens with zero attached hydrogens (tertiary/aromatic N) is 1. The third kappa shape index (κ3) is 4.07. The molecule has 148 valence electrons. The molecule has 2 aliphatic heterocycles. The van der Waals surface area contributed by atoms with E-state index in [1.807, 2.05) is 30.3 Å². The van der Waals surface area contributed by atoms with Crippen LogP contribution < -0.4 is 19.5 Å². The van der Waals surface area contributed by atoms with Crippen LogP contribution in [-0.2, 0) is 4.79 Å². The van der Waals surface area contributed by atoms with Gasteiger partial charge in [-0.25, -0.2) is 0 Å². The van der Waals surface area contributed by atoms with Gasteiger partial charge in [-0.05, 0) is 49.2 Å². The van der Waals surface area contributed by atoms with E-state index >= 15 is 0 Å². The van der Waals surface area contributed by atoms with Crippen LogP contribution in [0.15, 0.2) is 42.5 Å². The molecule has 0 aromatic heterocycles. The van der Waals surface area contributed by atoms with Gasteiger partial charge in [0, 0.05) is 19.0 Å². The Morgan fingerprint density at radius 1 is 1.18 bits per heavy atom. The first-order valence-electron chi connectivity index (χ1n) is 9.81. The zero-order chi connectivity index (χ0) is 19.3. The molecule has 0 saturated carbocycles. The van der Waals surface area contributed by atoms with Crippen LogP contribution in [0.3, 0.4) is 0 Å². The van der Waals surface area contributed by atoms with Gasteiger partial charge in [-0.3, -0.25) is 9.69 Å². The van der Waals surface area contributed by atoms with Crippen molar-refractivity contribution in [2.45, 2.75) is 25.3 Å². The number of methoxy groups -OCH3 is 1. The number of amides is 1. The SMILES string of the molecule is COc1ccccc1NC(=O)CCN1CCCC1c1ccc2c(c1)OCCO2. The van der Waals surface area contributed by atoms with Crippen LogP contribution in [-0.4, -0.2) is 44.2 Å². The van der Waals surface area contributed by atoms with Crippen LogP contribution in [0.25, 0.3) is 0 Å². The minimum atomic E-state index is -0.00248. The molecule has 1 amide bonds. The molecule has 1 fully saturated rings. The number of nitrogens with one attached hydrogen (secondary N) is 1. The van der Waals surface area contributed by atoms with Gasteiger partial charge < -0.3 is 19.5 Å². The van der Waals surface area contributed by atoms with Crippen molar-refractivity contribution in [2.75, 3.05) is 38.7 Å². The lowest BCUT2D eigenvalue weighted by atomic mass is 10.0. The van der Waals surface area contributed by atoms with Crippen molar-refractivity contribution in [3.8, 4) is 17.2 Å². The maximum Gasteiger partial charge on any atom is 0.225 e. The van der Waals surface area contributed by atoms with Crippen molar-refractivity contribution in [2.24, 2.45) is 0 Å². The van der Waals surface area contributed by atoms with E-state index in [9.17, 15) is 4.79 Å². The molecule has 0 spiro atoms. The highest BCUT2D eigenvalue weighted by Gasteiger charge is 2.27. The summed E-state index contributed by atoms with van der Waals surface area (Å²) in [5, 5.41) is 2.95. The van der Waals surface area contributed by atoms with Crippen molar-refractivity contribution in [3.63, 3.8) is 0 Å². The monoisotopic (exact) mass is 382 g/mol. The summed E-state index contributed by atoms with van der Waals surface area (Å²) in [5.74, 6) is 2.31. The van der Waals surface area contributed by atoms with E-state index in [4.69, 9.17) is 14.2 Å². The minimum Gasteiger partial charge on any atom is -0.495 e. The van der Waals surface area contributed by atoms with Crippen molar-refractivity contribution in [1.82, 2.24) is 4.90 Å². The summed E-state index contributed by atoms with van der Waals surface area (Å²) in [6, 6.07) is 14.0. The predicted molar refractivity (Wildman–Crippen MR) is 107 cm³/mol. The van der Waals surface area contributed by atoms with Gasteiger partial charge in [-0.15, -0.1) is 0 Å². The third-order valence-corrected chi connectivity index (χ3v) is 5.32. The predicted octanol–water partition coefficient (Wildman–Crippen LogP) is 3.63. The highest BCUT2D eigenvalue weighted by Crippen LogP contribution is 2.38. The van der Waals surface area contributed by atoms with Gasteiger partial charge in [0.1, 0.15) is 19.0 Å². The molecule has 1 saturated heterocycles. The summed E-state index contributed by atoms with van der Waals surface area (Å²) in [7, 11) is 1.60. The quantitative estimate of drug-likeness (QED) is 0.827. The summed E-state index contributed by atoms with van der Waals surface area (Å²) >= 11 is 0. The van der Waals surface area contributed by atoms with E-state index in [0.29, 0.717) is 37.1 Å². The molecule has 2 aromatic carbocycles. The van der Waals surface area contributed by atoms with Gasteiger partial charge in [0.2, 0.25) is 5.91 Å². The van der Waals surface area contributed by atoms with E-state index in [-0.39, 0.29) is 5.91 Å². The molecule has 2 heterocycles. The van der Waals surface area contributed by atoms with E-state index in [1.165, 1.54) is 5.56 Å². The smallest absolute Gasteiger partial charge is 0.225 e. The minimum absolute atomic E-state index is 0.00248. The Labute approximate surface area is 165 Å². The Bertz CT molecular complexity index is 839. The second-order valence-electron chi connectivity index (χ2n) is 7.10. The average Bonchev–Trinajstić information content (AvgIpc) is 3.21. The molecule has 2 aliphatic rings. The molecule has 1 atom stereocenters. The number of carbonyl (C=O) groups is 1. The molecule has 2 aromatic rings. The van der Waals surface area contributed by atoms with E-state index in [2.05, 4.69) is 22.3 Å². The third-order valence-electron chi connectivity index (χ3n) is 5.32. The topological polar surface area (TPSA) is 60.0 Å². The van der Waals surface area contributed by atoms with Crippen LogP contribution in [0.2, 0.25) is 0 Å². The molecular formula is C22H26N2O4. The summed E-state index contributed by atoms with van der Waals surface area (Å²) < 4.78 is 16.6. The number of rotatable bonds is 6. The van der Waals surface area contributed by atoms with Gasteiger partial charge in [-0.2, -0.15) is 0 Å². The first-order chi connectivity index (χ1) is 13.7. The molecule has 0 bridgehead atoms. The number of hydrogen-bond donors (Lipinski definition) is 1. The standard InChI is InChI=1S/C22H26N2O4/c1-26-19-7-3-2-5-17(19)23-22(25)10-12-24-11-4-6-18(24)16-8-9-20-21(15-16)28-14-13-27-20/h2-3,5,7-9,15,18H,4,6,10-14H2,1H3,(H,23,25). The molecule has 1 N–H and O–H groups in total. The molecule has 1 unspecified atom stereocenters. The first kappa shape index (κ1) is 18.6. The Hall–Kier alpha value is -2.73. The summed E-state index contributed by atoms with van der Waals surface area (Å²) in [6.07, 6.45) is 2.67. The number of likely N-dealkylation sites (tertiary alicyclic amines) is 1. The van der Waals surface area contributed by atoms with Gasteiger partial charge in [0.25, 0.3) is 0 Å². The van der Waals surface area contributed by atoms with Crippen molar-refractivity contribution in [3.05, 3.63) is 48.0 Å². The molecule has 4 rings (SSSR count). The van der Waals surface area contributed by atoms with Gasteiger partial charge in [0.15, 0.2) is 11.5 Å². The molecule has 0 radical (unpaired) electrons. The molecule has 0 aliphatic carbocycles. The fourth-order valence-corrected chi connectivity index (χ4v) is 3.94. The largest absolute Gasteiger partial charge is 0.495 e. The molecule has 28 heavy (non-hydrogen) atoms. The molecule has 6 nitrogen and oxygen atoms in total. The van der Waals surface area contributed by atoms with E-state index in [0.717, 1.165) is 37.4 Å². The van der Waals surface area contributed by atoms with Crippen LogP contribution in [0.4, 0.5) is 5.69 Å². The second kappa shape index (κ2) is 8.52. The maximum absolute atomic E-state index is 12.4. The number of benzene rings is 2.